The molecule has 6 heteroatoms. The van der Waals surface area contributed by atoms with Crippen molar-refractivity contribution < 1.29 is 14.0 Å². The lowest BCUT2D eigenvalue weighted by atomic mass is 10.1. The molecule has 0 aliphatic heterocycles. The van der Waals surface area contributed by atoms with Crippen molar-refractivity contribution in [1.82, 2.24) is 9.47 Å². The average Bonchev–Trinajstić information content (AvgIpc) is 3.27. The van der Waals surface area contributed by atoms with Gasteiger partial charge in [0.25, 0.3) is 0 Å². The van der Waals surface area contributed by atoms with Crippen LogP contribution in [0.1, 0.15) is 63.9 Å². The van der Waals surface area contributed by atoms with E-state index in [4.69, 9.17) is 9.16 Å². The molecule has 0 radical (unpaired) electrons. The first-order valence-corrected chi connectivity index (χ1v) is 18.4. The largest absolute Gasteiger partial charge is 0.443 e. The molecule has 0 aliphatic carbocycles. The molecule has 4 aromatic rings. The van der Waals surface area contributed by atoms with Crippen LogP contribution in [0, 0.1) is 11.8 Å². The van der Waals surface area contributed by atoms with Crippen LogP contribution in [-0.4, -0.2) is 42.6 Å². The van der Waals surface area contributed by atoms with Gasteiger partial charge < -0.3 is 9.16 Å². The average molecular weight is 609 g/mol. The third-order valence-corrected chi connectivity index (χ3v) is 12.7. The molecule has 232 valence electrons. The van der Waals surface area contributed by atoms with Crippen molar-refractivity contribution in [2.24, 2.45) is 0 Å². The second-order valence-electron chi connectivity index (χ2n) is 13.9. The Bertz CT molecular complexity index is 1560. The first-order chi connectivity index (χ1) is 20.7. The number of aromatic nitrogens is 1. The van der Waals surface area contributed by atoms with E-state index in [1.54, 1.807) is 4.57 Å². The van der Waals surface area contributed by atoms with Gasteiger partial charge >= 0.3 is 6.09 Å². The third kappa shape index (κ3) is 8.72. The van der Waals surface area contributed by atoms with E-state index in [0.717, 1.165) is 42.5 Å². The highest BCUT2D eigenvalue weighted by Crippen LogP contribution is 2.36. The Morgan fingerprint density at radius 2 is 1.36 bits per heavy atom. The zero-order valence-corrected chi connectivity index (χ0v) is 28.7. The van der Waals surface area contributed by atoms with Gasteiger partial charge in [-0.2, -0.15) is 0 Å². The maximum absolute atomic E-state index is 13.7. The number of carbonyl (C=O) groups excluding carboxylic acids is 1. The van der Waals surface area contributed by atoms with Crippen LogP contribution < -0.4 is 0 Å². The van der Waals surface area contributed by atoms with Crippen LogP contribution in [0.5, 0.6) is 0 Å². The molecule has 0 aliphatic rings. The summed E-state index contributed by atoms with van der Waals surface area (Å²) < 4.78 is 13.9. The fraction of sp³-hybridized carbons (Fsp3) is 0.395. The second-order valence-corrected chi connectivity index (χ2v) is 18.8. The lowest BCUT2D eigenvalue weighted by molar-refractivity contribution is 0.0543. The van der Waals surface area contributed by atoms with Gasteiger partial charge in [0.1, 0.15) is 11.3 Å². The zero-order valence-electron chi connectivity index (χ0n) is 27.7. The van der Waals surface area contributed by atoms with Gasteiger partial charge in [0.15, 0.2) is 8.32 Å². The van der Waals surface area contributed by atoms with Crippen molar-refractivity contribution in [3.63, 3.8) is 0 Å². The summed E-state index contributed by atoms with van der Waals surface area (Å²) >= 11 is 0. The minimum atomic E-state index is -1.97. The van der Waals surface area contributed by atoms with E-state index in [-0.39, 0.29) is 5.04 Å². The minimum Gasteiger partial charge on any atom is -0.443 e. The van der Waals surface area contributed by atoms with Gasteiger partial charge in [-0.25, -0.2) is 9.36 Å². The van der Waals surface area contributed by atoms with E-state index in [0.29, 0.717) is 12.3 Å². The number of fused-ring (bicyclic) bond motifs is 1. The third-order valence-electron chi connectivity index (χ3n) is 8.25. The van der Waals surface area contributed by atoms with Crippen LogP contribution in [0.15, 0.2) is 84.9 Å². The molecule has 3 aromatic carbocycles. The summed E-state index contributed by atoms with van der Waals surface area (Å²) in [6, 6.07) is 29.2. The monoisotopic (exact) mass is 608 g/mol. The molecule has 4 rings (SSSR count). The Labute approximate surface area is 265 Å². The molecular formula is C38H48N2O3Si. The predicted molar refractivity (Wildman–Crippen MR) is 184 cm³/mol. The molecule has 0 saturated heterocycles. The molecule has 0 bridgehead atoms. The Balaban J connectivity index is 1.73. The molecule has 0 unspecified atom stereocenters. The fourth-order valence-electron chi connectivity index (χ4n) is 4.91. The zero-order chi connectivity index (χ0) is 32.0. The Kier molecular flexibility index (Phi) is 10.6. The summed E-state index contributed by atoms with van der Waals surface area (Å²) in [5.74, 6) is 6.65. The maximum Gasteiger partial charge on any atom is 0.420 e. The van der Waals surface area contributed by atoms with Crippen LogP contribution in [0.25, 0.3) is 10.9 Å². The van der Waals surface area contributed by atoms with Crippen molar-refractivity contribution in [2.75, 3.05) is 13.2 Å². The van der Waals surface area contributed by atoms with E-state index in [2.05, 4.69) is 117 Å². The lowest BCUT2D eigenvalue weighted by Gasteiger charge is -2.35. The van der Waals surface area contributed by atoms with Gasteiger partial charge in [-0.1, -0.05) is 106 Å². The van der Waals surface area contributed by atoms with Gasteiger partial charge in [0.05, 0.1) is 12.1 Å². The number of rotatable bonds is 9. The first-order valence-electron chi connectivity index (χ1n) is 15.5. The lowest BCUT2D eigenvalue weighted by Crippen LogP contribution is -2.40. The van der Waals surface area contributed by atoms with Gasteiger partial charge in [0.2, 0.25) is 0 Å². The van der Waals surface area contributed by atoms with Crippen LogP contribution in [0.3, 0.4) is 0 Å². The normalized spacial score (nSPS) is 12.3. The minimum absolute atomic E-state index is 0.0895. The van der Waals surface area contributed by atoms with Gasteiger partial charge in [-0.05, 0) is 74.0 Å². The number of hydrogen-bond acceptors (Lipinski definition) is 4. The molecule has 0 spiro atoms. The number of carbonyl (C=O) groups is 1. The topological polar surface area (TPSA) is 43.7 Å². The van der Waals surface area contributed by atoms with E-state index >= 15 is 0 Å². The Morgan fingerprint density at radius 1 is 0.818 bits per heavy atom. The van der Waals surface area contributed by atoms with Crippen molar-refractivity contribution in [3.05, 3.63) is 107 Å². The molecule has 0 atom stereocenters. The van der Waals surface area contributed by atoms with E-state index in [1.165, 1.54) is 11.1 Å². The summed E-state index contributed by atoms with van der Waals surface area (Å²) in [4.78, 5) is 16.2. The smallest absolute Gasteiger partial charge is 0.420 e. The Morgan fingerprint density at radius 3 is 1.91 bits per heavy atom. The fourth-order valence-corrected chi connectivity index (χ4v) is 5.77. The maximum atomic E-state index is 13.7. The van der Waals surface area contributed by atoms with Crippen LogP contribution in [0.4, 0.5) is 4.79 Å². The molecule has 0 amide bonds. The van der Waals surface area contributed by atoms with E-state index < -0.39 is 20.0 Å². The number of ether oxygens (including phenoxy) is 1. The van der Waals surface area contributed by atoms with Crippen molar-refractivity contribution in [3.8, 4) is 11.8 Å². The molecule has 1 aromatic heterocycles. The van der Waals surface area contributed by atoms with Gasteiger partial charge in [-0.15, -0.1) is 0 Å². The standard InChI is InChI=1S/C38H48N2O3Si/c1-37(2,3)43-36(41)40-34-23-16-15-22-32(34)33(35(40)24-17-27-42-44(7,8)38(4,5)6)25-26-39(28-30-18-11-9-12-19-30)29-31-20-13-10-14-21-31/h9-16,18-23H,25-29H2,1-8H3. The van der Waals surface area contributed by atoms with Crippen molar-refractivity contribution in [2.45, 2.75) is 84.8 Å². The highest BCUT2D eigenvalue weighted by Gasteiger charge is 2.36. The van der Waals surface area contributed by atoms with Gasteiger partial charge in [-0.3, -0.25) is 4.90 Å². The summed E-state index contributed by atoms with van der Waals surface area (Å²) in [5, 5.41) is 1.11. The summed E-state index contributed by atoms with van der Waals surface area (Å²) in [7, 11) is -1.97. The summed E-state index contributed by atoms with van der Waals surface area (Å²) in [5.41, 5.74) is 4.44. The number of nitrogens with zero attached hydrogens (tertiary/aromatic N) is 2. The summed E-state index contributed by atoms with van der Waals surface area (Å²) in [6.07, 6.45) is 0.309. The molecule has 1 heterocycles. The quantitative estimate of drug-likeness (QED) is 0.140. The predicted octanol–water partition coefficient (Wildman–Crippen LogP) is 9.04. The number of hydrogen-bond donors (Lipinski definition) is 0. The molecular weight excluding hydrogens is 561 g/mol. The summed E-state index contributed by atoms with van der Waals surface area (Å²) in [6.45, 7) is 19.6. The molecule has 44 heavy (non-hydrogen) atoms. The SMILES string of the molecule is CC(C)(C)OC(=O)n1c(C#CCO[Si](C)(C)C(C)(C)C)c(CCN(Cc2ccccc2)Cc2ccccc2)c2ccccc21. The number of para-hydroxylation sites is 1. The van der Waals surface area contributed by atoms with Gasteiger partial charge in [0, 0.05) is 25.0 Å². The molecule has 0 fully saturated rings. The van der Waals surface area contributed by atoms with E-state index in [9.17, 15) is 4.79 Å². The second kappa shape index (κ2) is 14.0. The Hall–Kier alpha value is -3.63. The van der Waals surface area contributed by atoms with Crippen molar-refractivity contribution >= 4 is 25.3 Å². The van der Waals surface area contributed by atoms with Crippen LogP contribution >= 0.6 is 0 Å². The van der Waals surface area contributed by atoms with E-state index in [1.807, 2.05) is 39.0 Å². The molecule has 5 nitrogen and oxygen atoms in total. The highest BCUT2D eigenvalue weighted by atomic mass is 28.4. The van der Waals surface area contributed by atoms with Crippen LogP contribution in [-0.2, 0) is 28.7 Å². The highest BCUT2D eigenvalue weighted by molar-refractivity contribution is 6.74. The van der Waals surface area contributed by atoms with Crippen molar-refractivity contribution in [1.29, 1.82) is 0 Å². The first kappa shape index (κ1) is 33.3. The van der Waals surface area contributed by atoms with Crippen LogP contribution in [0.2, 0.25) is 18.1 Å². The number of benzene rings is 3. The molecule has 0 N–H and O–H groups in total. The molecule has 0 saturated carbocycles.